The van der Waals surface area contributed by atoms with Crippen LogP contribution in [0.15, 0.2) is 30.3 Å². The number of aromatic nitrogens is 1. The first-order valence-electron chi connectivity index (χ1n) is 13.0. The number of anilines is 1. The van der Waals surface area contributed by atoms with E-state index in [4.69, 9.17) is 24.8 Å². The Morgan fingerprint density at radius 2 is 1.35 bits per heavy atom. The summed E-state index contributed by atoms with van der Waals surface area (Å²) >= 11 is 0. The largest absolute Gasteiger partial charge is 0.490 e. The molecule has 1 aromatic carbocycles. The lowest BCUT2D eigenvalue weighted by Crippen LogP contribution is -2.30. The van der Waals surface area contributed by atoms with Crippen LogP contribution in [-0.4, -0.2) is 95.5 Å². The van der Waals surface area contributed by atoms with Gasteiger partial charge >= 0.3 is 24.3 Å². The van der Waals surface area contributed by atoms with Gasteiger partial charge in [-0.25, -0.2) is 19.0 Å². The number of carboxylic acid groups (broad SMARTS) is 2. The van der Waals surface area contributed by atoms with Crippen molar-refractivity contribution in [2.24, 2.45) is 0 Å². The zero-order valence-corrected chi connectivity index (χ0v) is 23.3. The fourth-order valence-electron chi connectivity index (χ4n) is 4.26. The third-order valence-electron chi connectivity index (χ3n) is 6.38. The molecule has 0 radical (unpaired) electrons. The molecular weight excluding hydrogens is 593 g/mol. The second-order valence-corrected chi connectivity index (χ2v) is 9.87. The van der Waals surface area contributed by atoms with E-state index in [9.17, 15) is 35.5 Å². The maximum absolute atomic E-state index is 13.2. The molecular formula is C27H31F7N4O5. The fraction of sp³-hybridized carbons (Fsp3) is 0.481. The molecule has 43 heavy (non-hydrogen) atoms. The van der Waals surface area contributed by atoms with Gasteiger partial charge in [-0.15, -0.1) is 0 Å². The molecule has 2 aliphatic rings. The Bertz CT molecular complexity index is 1240. The lowest BCUT2D eigenvalue weighted by Gasteiger charge is -2.22. The van der Waals surface area contributed by atoms with E-state index in [-0.39, 0.29) is 11.7 Å². The Kier molecular flexibility index (Phi) is 12.3. The maximum Gasteiger partial charge on any atom is 0.490 e. The van der Waals surface area contributed by atoms with Crippen LogP contribution in [0.4, 0.5) is 36.6 Å². The topological polar surface area (TPSA) is 114 Å². The average Bonchev–Trinajstić information content (AvgIpc) is 3.38. The van der Waals surface area contributed by atoms with E-state index in [0.717, 1.165) is 81.0 Å². The lowest BCUT2D eigenvalue weighted by atomic mass is 10.0. The average molecular weight is 625 g/mol. The summed E-state index contributed by atoms with van der Waals surface area (Å²) in [5, 5.41) is 14.2. The summed E-state index contributed by atoms with van der Waals surface area (Å²) in [4.78, 5) is 42.1. The molecule has 2 N–H and O–H groups in total. The van der Waals surface area contributed by atoms with E-state index in [1.165, 1.54) is 17.7 Å². The minimum atomic E-state index is -5.08. The molecule has 0 bridgehead atoms. The summed E-state index contributed by atoms with van der Waals surface area (Å²) in [5.74, 6) is -4.84. The van der Waals surface area contributed by atoms with E-state index in [0.29, 0.717) is 0 Å². The van der Waals surface area contributed by atoms with E-state index >= 15 is 0 Å². The van der Waals surface area contributed by atoms with Crippen LogP contribution >= 0.6 is 0 Å². The zero-order valence-electron chi connectivity index (χ0n) is 23.3. The normalized spacial score (nSPS) is 15.2. The first kappa shape index (κ1) is 35.2. The predicted octanol–water partition coefficient (Wildman–Crippen LogP) is 4.39. The highest BCUT2D eigenvalue weighted by Gasteiger charge is 2.39. The smallest absolute Gasteiger partial charge is 0.475 e. The number of halogens is 7. The molecule has 0 saturated carbocycles. The Balaban J connectivity index is 0.000000384. The highest BCUT2D eigenvalue weighted by Crippen LogP contribution is 2.26. The second-order valence-electron chi connectivity index (χ2n) is 9.87. The van der Waals surface area contributed by atoms with E-state index in [1.54, 1.807) is 0 Å². The number of carboxylic acids is 2. The molecule has 0 atom stereocenters. The Labute approximate surface area is 242 Å². The third kappa shape index (κ3) is 11.0. The van der Waals surface area contributed by atoms with Crippen LogP contribution in [0.3, 0.4) is 0 Å². The number of fused-ring (bicyclic) bond motifs is 1. The minimum absolute atomic E-state index is 0.105. The van der Waals surface area contributed by atoms with Gasteiger partial charge in [-0.2, -0.15) is 26.3 Å². The molecule has 0 spiro atoms. The van der Waals surface area contributed by atoms with Gasteiger partial charge in [0.1, 0.15) is 11.6 Å². The molecule has 1 fully saturated rings. The van der Waals surface area contributed by atoms with Gasteiger partial charge in [-0.1, -0.05) is 12.1 Å². The quantitative estimate of drug-likeness (QED) is 0.482. The highest BCUT2D eigenvalue weighted by molar-refractivity contribution is 5.99. The Hall–Kier alpha value is -3.95. The number of nitrogens with zero attached hydrogens (tertiary/aromatic N) is 4. The summed E-state index contributed by atoms with van der Waals surface area (Å²) in [7, 11) is 3.90. The number of hydrogen-bond acceptors (Lipinski definition) is 6. The van der Waals surface area contributed by atoms with Crippen LogP contribution < -0.4 is 4.90 Å². The Morgan fingerprint density at radius 3 is 1.81 bits per heavy atom. The van der Waals surface area contributed by atoms with Crippen LogP contribution in [0, 0.1) is 5.82 Å². The van der Waals surface area contributed by atoms with Crippen LogP contribution in [-0.2, 0) is 29.0 Å². The molecule has 1 amide bonds. The van der Waals surface area contributed by atoms with Crippen LogP contribution in [0.1, 0.15) is 40.0 Å². The van der Waals surface area contributed by atoms with E-state index in [2.05, 4.69) is 11.0 Å². The summed E-state index contributed by atoms with van der Waals surface area (Å²) in [6.45, 7) is 4.30. The van der Waals surface area contributed by atoms with Gasteiger partial charge in [0.25, 0.3) is 5.91 Å². The molecule has 1 aromatic heterocycles. The third-order valence-corrected chi connectivity index (χ3v) is 6.38. The van der Waals surface area contributed by atoms with Crippen molar-refractivity contribution in [1.29, 1.82) is 0 Å². The van der Waals surface area contributed by atoms with Crippen LogP contribution in [0.25, 0.3) is 0 Å². The SMILES string of the molecule is CN(C)c1nc2c(cc1C(=O)N1CCCC1)CCN(Cc1ccc(F)cc1)CC2.O=C(O)C(F)(F)F.O=C(O)C(F)(F)F. The van der Waals surface area contributed by atoms with Crippen LogP contribution in [0.2, 0.25) is 0 Å². The van der Waals surface area contributed by atoms with Crippen molar-refractivity contribution in [2.75, 3.05) is 45.2 Å². The van der Waals surface area contributed by atoms with E-state index in [1.807, 2.05) is 36.0 Å². The van der Waals surface area contributed by atoms with Gasteiger partial charge in [-0.3, -0.25) is 9.69 Å². The number of hydrogen-bond donors (Lipinski definition) is 2. The number of rotatable bonds is 4. The second kappa shape index (κ2) is 15.0. The monoisotopic (exact) mass is 624 g/mol. The number of pyridine rings is 1. The van der Waals surface area contributed by atoms with Crippen molar-refractivity contribution < 1.29 is 55.3 Å². The molecule has 2 aromatic rings. The van der Waals surface area contributed by atoms with Gasteiger partial charge in [0, 0.05) is 58.9 Å². The van der Waals surface area contributed by atoms with Gasteiger partial charge in [-0.05, 0) is 48.6 Å². The summed E-state index contributed by atoms with van der Waals surface area (Å²) in [6.07, 6.45) is -6.27. The molecule has 0 unspecified atom stereocenters. The number of carbonyl (C=O) groups excluding carboxylic acids is 1. The highest BCUT2D eigenvalue weighted by atomic mass is 19.4. The zero-order chi connectivity index (χ0) is 32.5. The summed E-state index contributed by atoms with van der Waals surface area (Å²) in [6, 6.07) is 8.82. The first-order chi connectivity index (χ1) is 19.9. The van der Waals surface area contributed by atoms with Crippen LogP contribution in [0.5, 0.6) is 0 Å². The molecule has 16 heteroatoms. The van der Waals surface area contributed by atoms with Gasteiger partial charge in [0.15, 0.2) is 0 Å². The molecule has 3 heterocycles. The number of aliphatic carboxylic acids is 2. The summed E-state index contributed by atoms with van der Waals surface area (Å²) < 4.78 is 76.6. The van der Waals surface area contributed by atoms with Crippen molar-refractivity contribution in [1.82, 2.24) is 14.8 Å². The first-order valence-corrected chi connectivity index (χ1v) is 13.0. The molecule has 0 aliphatic carbocycles. The maximum atomic E-state index is 13.2. The van der Waals surface area contributed by atoms with Crippen molar-refractivity contribution in [3.8, 4) is 0 Å². The van der Waals surface area contributed by atoms with E-state index < -0.39 is 24.3 Å². The van der Waals surface area contributed by atoms with Gasteiger partial charge < -0.3 is 20.0 Å². The number of likely N-dealkylation sites (tertiary alicyclic amines) is 1. The molecule has 9 nitrogen and oxygen atoms in total. The number of amides is 1. The van der Waals surface area contributed by atoms with Crippen molar-refractivity contribution in [3.05, 3.63) is 58.5 Å². The number of benzene rings is 1. The molecule has 1 saturated heterocycles. The summed E-state index contributed by atoms with van der Waals surface area (Å²) in [5.41, 5.74) is 4.11. The molecule has 238 valence electrons. The standard InChI is InChI=1S/C23H29FN4O.2C2HF3O2/c1-26(2)22-20(23(29)28-11-3-4-12-28)15-18-9-13-27(14-10-21(18)25-22)16-17-5-7-19(24)8-6-17;2*3-2(4,5)1(6)7/h5-8,15H,3-4,9-14,16H2,1-2H3;2*(H,6,7). The number of alkyl halides is 6. The molecule has 4 rings (SSSR count). The minimum Gasteiger partial charge on any atom is -0.475 e. The lowest BCUT2D eigenvalue weighted by molar-refractivity contribution is -0.193. The van der Waals surface area contributed by atoms with Crippen molar-refractivity contribution in [3.63, 3.8) is 0 Å². The Morgan fingerprint density at radius 1 is 0.860 bits per heavy atom. The number of carbonyl (C=O) groups is 3. The fourth-order valence-corrected chi connectivity index (χ4v) is 4.26. The van der Waals surface area contributed by atoms with Gasteiger partial charge in [0.2, 0.25) is 0 Å². The predicted molar refractivity (Wildman–Crippen MR) is 140 cm³/mol. The van der Waals surface area contributed by atoms with Crippen molar-refractivity contribution in [2.45, 2.75) is 44.6 Å². The molecule has 2 aliphatic heterocycles. The van der Waals surface area contributed by atoms with Crippen molar-refractivity contribution >= 4 is 23.7 Å². The van der Waals surface area contributed by atoms with Gasteiger partial charge in [0.05, 0.1) is 5.56 Å².